The highest BCUT2D eigenvalue weighted by Crippen LogP contribution is 2.40. The van der Waals surface area contributed by atoms with Gasteiger partial charge in [-0.05, 0) is 17.7 Å². The van der Waals surface area contributed by atoms with Gasteiger partial charge in [-0.3, -0.25) is 14.4 Å². The van der Waals surface area contributed by atoms with Gasteiger partial charge in [0.2, 0.25) is 0 Å². The smallest absolute Gasteiger partial charge is 0.408 e. The number of hydrogen-bond acceptors (Lipinski definition) is 7. The van der Waals surface area contributed by atoms with Crippen LogP contribution in [-0.4, -0.2) is 41.6 Å². The van der Waals surface area contributed by atoms with Gasteiger partial charge in [-0.2, -0.15) is 0 Å². The van der Waals surface area contributed by atoms with Crippen molar-refractivity contribution in [1.82, 2.24) is 5.32 Å². The van der Waals surface area contributed by atoms with Crippen molar-refractivity contribution in [2.24, 2.45) is 0 Å². The topological polar surface area (TPSA) is 119 Å². The maximum atomic E-state index is 11.8. The first-order valence-corrected chi connectivity index (χ1v) is 10.5. The van der Waals surface area contributed by atoms with Gasteiger partial charge in [0.1, 0.15) is 12.6 Å². The Balaban J connectivity index is 0.000000258. The Morgan fingerprint density at radius 1 is 0.969 bits per heavy atom. The van der Waals surface area contributed by atoms with Crippen LogP contribution in [0.1, 0.15) is 18.9 Å². The van der Waals surface area contributed by atoms with E-state index >= 15 is 0 Å². The number of esters is 1. The molecular weight excluding hydrogens is 434 g/mol. The highest BCUT2D eigenvalue weighted by molar-refractivity contribution is 7.27. The molecule has 1 unspecified atom stereocenters. The van der Waals surface area contributed by atoms with Crippen molar-refractivity contribution in [1.29, 1.82) is 0 Å². The lowest BCUT2D eigenvalue weighted by molar-refractivity contribution is -0.147. The van der Waals surface area contributed by atoms with Crippen LogP contribution in [0, 0.1) is 0 Å². The molecule has 166 valence electrons. The van der Waals surface area contributed by atoms with Gasteiger partial charge in [0.05, 0.1) is 6.42 Å². The third-order valence-corrected chi connectivity index (χ3v) is 5.65. The van der Waals surface area contributed by atoms with Gasteiger partial charge >= 0.3 is 18.0 Å². The average molecular weight is 455 g/mol. The molecule has 32 heavy (non-hydrogen) atoms. The summed E-state index contributed by atoms with van der Waals surface area (Å²) in [7, 11) is 0. The fraction of sp³-hybridized carbons (Fsp3) is 0.217. The average Bonchev–Trinajstić information content (AvgIpc) is 3.27. The van der Waals surface area contributed by atoms with Crippen molar-refractivity contribution in [2.75, 3.05) is 6.61 Å². The fourth-order valence-corrected chi connectivity index (χ4v) is 4.06. The van der Waals surface area contributed by atoms with Crippen molar-refractivity contribution in [3.63, 3.8) is 0 Å². The lowest BCUT2D eigenvalue weighted by Crippen LogP contribution is -2.44. The molecule has 2 aromatic heterocycles. The van der Waals surface area contributed by atoms with E-state index in [9.17, 15) is 19.2 Å². The summed E-state index contributed by atoms with van der Waals surface area (Å²) in [5, 5.41) is 13.9. The molecule has 5 rings (SSSR count). The predicted octanol–water partition coefficient (Wildman–Crippen LogP) is 3.82. The van der Waals surface area contributed by atoms with Crippen LogP contribution in [0.4, 0.5) is 4.79 Å². The standard InChI is InChI=1S/C15H17NO7.C8H4S/c1-10(17)22-9-13(18)12(7-14(19)20)16-15(21)23-8-11-5-3-2-4-6-11;1-2-5-6-4-8(5)9-7(6)3-1/h2-6,12H,7-9H2,1H3,(H,16,21)(H,19,20);1-4H. The van der Waals surface area contributed by atoms with Crippen LogP contribution in [0.3, 0.4) is 0 Å². The summed E-state index contributed by atoms with van der Waals surface area (Å²) in [6.07, 6.45) is -1.57. The summed E-state index contributed by atoms with van der Waals surface area (Å²) in [5.41, 5.74) is 0.740. The van der Waals surface area contributed by atoms with E-state index < -0.39 is 42.9 Å². The van der Waals surface area contributed by atoms with Gasteiger partial charge < -0.3 is 19.9 Å². The molecule has 1 amide bonds. The molecule has 2 heterocycles. The number of ether oxygens (including phenoxy) is 2. The van der Waals surface area contributed by atoms with Gasteiger partial charge in [-0.25, -0.2) is 4.79 Å². The molecule has 0 fully saturated rings. The van der Waals surface area contributed by atoms with E-state index in [1.165, 1.54) is 20.2 Å². The summed E-state index contributed by atoms with van der Waals surface area (Å²) in [6, 6.07) is 16.3. The van der Waals surface area contributed by atoms with Crippen molar-refractivity contribution in [2.45, 2.75) is 26.0 Å². The second-order valence-electron chi connectivity index (χ2n) is 6.93. The Hall–Kier alpha value is -3.72. The quantitative estimate of drug-likeness (QED) is 0.388. The molecule has 5 aromatic rings. The van der Waals surface area contributed by atoms with Gasteiger partial charge in [0, 0.05) is 27.1 Å². The third kappa shape index (κ3) is 6.14. The number of carboxylic acids is 1. The van der Waals surface area contributed by atoms with Crippen LogP contribution in [0.5, 0.6) is 0 Å². The predicted molar refractivity (Wildman–Crippen MR) is 119 cm³/mol. The lowest BCUT2D eigenvalue weighted by Gasteiger charge is -2.15. The molecule has 0 aliphatic heterocycles. The molecule has 0 saturated carbocycles. The molecule has 8 nitrogen and oxygen atoms in total. The Morgan fingerprint density at radius 3 is 2.34 bits per heavy atom. The normalized spacial score (nSPS) is 11.5. The van der Waals surface area contributed by atoms with Crippen LogP contribution < -0.4 is 5.32 Å². The summed E-state index contributed by atoms with van der Waals surface area (Å²) in [4.78, 5) is 44.9. The molecule has 2 N–H and O–H groups in total. The maximum Gasteiger partial charge on any atom is 0.408 e. The number of amides is 1. The number of carbonyl (C=O) groups is 4. The first-order chi connectivity index (χ1) is 15.3. The highest BCUT2D eigenvalue weighted by Gasteiger charge is 2.25. The number of nitrogens with one attached hydrogen (secondary N) is 1. The number of benzene rings is 2. The zero-order valence-corrected chi connectivity index (χ0v) is 18.0. The summed E-state index contributed by atoms with van der Waals surface area (Å²) in [6.45, 7) is 0.470. The molecular formula is C23H21NO7S. The minimum Gasteiger partial charge on any atom is -0.481 e. The first kappa shape index (κ1) is 23.0. The third-order valence-electron chi connectivity index (χ3n) is 4.52. The second-order valence-corrected chi connectivity index (χ2v) is 8.01. The lowest BCUT2D eigenvalue weighted by atomic mass is 10.1. The molecule has 4 bridgehead atoms. The monoisotopic (exact) mass is 455 g/mol. The largest absolute Gasteiger partial charge is 0.481 e. The Labute approximate surface area is 187 Å². The molecule has 0 radical (unpaired) electrons. The van der Waals surface area contributed by atoms with Crippen LogP contribution in [0.15, 0.2) is 54.6 Å². The number of rotatable bonds is 8. The van der Waals surface area contributed by atoms with Crippen molar-refractivity contribution in [3.8, 4) is 0 Å². The molecule has 3 aromatic carbocycles. The molecule has 0 saturated heterocycles. The Kier molecular flexibility index (Phi) is 7.56. The summed E-state index contributed by atoms with van der Waals surface area (Å²) < 4.78 is 12.3. The SMILES string of the molecule is CC(=O)OCC(=O)C(CC(=O)O)NC(=O)OCc1ccccc1.c1cc2sc3cc2c3c1. The van der Waals surface area contributed by atoms with Crippen molar-refractivity contribution < 1.29 is 33.8 Å². The van der Waals surface area contributed by atoms with Gasteiger partial charge in [-0.15, -0.1) is 11.3 Å². The van der Waals surface area contributed by atoms with Gasteiger partial charge in [0.25, 0.3) is 0 Å². The van der Waals surface area contributed by atoms with E-state index in [0.717, 1.165) is 12.5 Å². The molecule has 0 spiro atoms. The highest BCUT2D eigenvalue weighted by atomic mass is 32.1. The number of carboxylic acid groups (broad SMARTS) is 1. The van der Waals surface area contributed by atoms with E-state index in [1.807, 2.05) is 11.3 Å². The van der Waals surface area contributed by atoms with E-state index in [4.69, 9.17) is 9.84 Å². The number of aliphatic carboxylic acids is 1. The van der Waals surface area contributed by atoms with E-state index in [1.54, 1.807) is 30.3 Å². The van der Waals surface area contributed by atoms with E-state index in [0.29, 0.717) is 0 Å². The van der Waals surface area contributed by atoms with Crippen LogP contribution >= 0.6 is 11.3 Å². The number of Topliss-reactive ketones (excluding diaryl/α,β-unsaturated/α-hetero) is 1. The zero-order chi connectivity index (χ0) is 23.1. The number of carbonyl (C=O) groups excluding carboxylic acids is 3. The summed E-state index contributed by atoms with van der Waals surface area (Å²) in [5.74, 6) is -2.70. The minimum atomic E-state index is -1.34. The Morgan fingerprint density at radius 2 is 1.72 bits per heavy atom. The van der Waals surface area contributed by atoms with Crippen molar-refractivity contribution >= 4 is 55.3 Å². The molecule has 0 aliphatic carbocycles. The molecule has 0 aliphatic rings. The van der Waals surface area contributed by atoms with Gasteiger partial charge in [0.15, 0.2) is 12.4 Å². The van der Waals surface area contributed by atoms with Gasteiger partial charge in [-0.1, -0.05) is 42.5 Å². The second kappa shape index (κ2) is 10.5. The minimum absolute atomic E-state index is 0.0232. The van der Waals surface area contributed by atoms with Crippen molar-refractivity contribution in [3.05, 3.63) is 60.2 Å². The van der Waals surface area contributed by atoms with Crippen LogP contribution in [0.2, 0.25) is 0 Å². The van der Waals surface area contributed by atoms with Crippen LogP contribution in [-0.2, 0) is 30.5 Å². The molecule has 1 atom stereocenters. The summed E-state index contributed by atoms with van der Waals surface area (Å²) >= 11 is 1.90. The zero-order valence-electron chi connectivity index (χ0n) is 17.2. The van der Waals surface area contributed by atoms with E-state index in [2.05, 4.69) is 34.3 Å². The number of thiophene rings is 2. The van der Waals surface area contributed by atoms with E-state index in [-0.39, 0.29) is 6.61 Å². The first-order valence-electron chi connectivity index (χ1n) is 9.71. The molecule has 9 heteroatoms. The maximum absolute atomic E-state index is 11.8. The number of ketones is 1. The van der Waals surface area contributed by atoms with Crippen LogP contribution in [0.25, 0.3) is 20.2 Å². The number of hydrogen-bond donors (Lipinski definition) is 2. The fourth-order valence-electron chi connectivity index (χ4n) is 2.93. The Bertz CT molecular complexity index is 1170. The number of alkyl carbamates (subject to hydrolysis) is 1.